The van der Waals surface area contributed by atoms with E-state index in [0.29, 0.717) is 17.8 Å². The van der Waals surface area contributed by atoms with Crippen molar-refractivity contribution in [3.8, 4) is 0 Å². The lowest BCUT2D eigenvalue weighted by Gasteiger charge is -2.22. The minimum atomic E-state index is -0.159. The van der Waals surface area contributed by atoms with Crippen molar-refractivity contribution in [2.24, 2.45) is 0 Å². The van der Waals surface area contributed by atoms with E-state index in [1.54, 1.807) is 0 Å². The van der Waals surface area contributed by atoms with E-state index in [4.69, 9.17) is 0 Å². The fourth-order valence-electron chi connectivity index (χ4n) is 4.26. The van der Waals surface area contributed by atoms with Crippen LogP contribution in [0.15, 0.2) is 48.2 Å². The summed E-state index contributed by atoms with van der Waals surface area (Å²) in [5, 5.41) is 0. The molecule has 0 radical (unpaired) electrons. The van der Waals surface area contributed by atoms with Gasteiger partial charge in [-0.1, -0.05) is 56.2 Å². The van der Waals surface area contributed by atoms with Gasteiger partial charge in [0.2, 0.25) is 0 Å². The van der Waals surface area contributed by atoms with E-state index in [9.17, 15) is 9.59 Å². The van der Waals surface area contributed by atoms with E-state index in [0.717, 1.165) is 49.0 Å². The minimum Gasteiger partial charge on any atom is -0.336 e. The quantitative estimate of drug-likeness (QED) is 0.535. The van der Waals surface area contributed by atoms with E-state index in [1.807, 2.05) is 43.3 Å². The van der Waals surface area contributed by atoms with Gasteiger partial charge >= 0.3 is 0 Å². The smallest absolute Gasteiger partial charge is 0.278 e. The van der Waals surface area contributed by atoms with Crippen LogP contribution in [0.25, 0.3) is 5.57 Å². The molecule has 0 atom stereocenters. The SMILES string of the molecule is CCCCCN1C(=O)C(c2ccc(C)c(C)c2)=C(N2CCc3ccccc32)C1=O. The molecule has 0 N–H and O–H groups in total. The van der Waals surface area contributed by atoms with Gasteiger partial charge in [-0.05, 0) is 55.0 Å². The highest BCUT2D eigenvalue weighted by molar-refractivity contribution is 6.36. The van der Waals surface area contributed by atoms with E-state index in [1.165, 1.54) is 16.0 Å². The molecule has 29 heavy (non-hydrogen) atoms. The topological polar surface area (TPSA) is 40.6 Å². The summed E-state index contributed by atoms with van der Waals surface area (Å²) >= 11 is 0. The lowest BCUT2D eigenvalue weighted by molar-refractivity contribution is -0.136. The van der Waals surface area contributed by atoms with Crippen molar-refractivity contribution in [2.45, 2.75) is 46.5 Å². The van der Waals surface area contributed by atoms with E-state index in [2.05, 4.69) is 24.8 Å². The van der Waals surface area contributed by atoms with Gasteiger partial charge in [0.05, 0.1) is 5.57 Å². The Morgan fingerprint density at radius 3 is 2.48 bits per heavy atom. The molecule has 2 aromatic rings. The number of benzene rings is 2. The maximum Gasteiger partial charge on any atom is 0.278 e. The van der Waals surface area contributed by atoms with Crippen LogP contribution in [0.1, 0.15) is 48.4 Å². The van der Waals surface area contributed by atoms with Crippen LogP contribution < -0.4 is 4.90 Å². The maximum atomic E-state index is 13.4. The van der Waals surface area contributed by atoms with Gasteiger partial charge in [0.15, 0.2) is 0 Å². The lowest BCUT2D eigenvalue weighted by atomic mass is 9.99. The van der Waals surface area contributed by atoms with Gasteiger partial charge in [-0.2, -0.15) is 0 Å². The molecule has 150 valence electrons. The van der Waals surface area contributed by atoms with Crippen molar-refractivity contribution in [3.05, 3.63) is 70.4 Å². The number of fused-ring (bicyclic) bond motifs is 1. The molecule has 2 aliphatic rings. The first-order valence-corrected chi connectivity index (χ1v) is 10.6. The molecule has 0 bridgehead atoms. The average molecular weight is 389 g/mol. The molecule has 0 aromatic heterocycles. The largest absolute Gasteiger partial charge is 0.336 e. The second kappa shape index (κ2) is 7.86. The van der Waals surface area contributed by atoms with Crippen molar-refractivity contribution in [2.75, 3.05) is 18.0 Å². The van der Waals surface area contributed by atoms with E-state index < -0.39 is 0 Å². The zero-order valence-electron chi connectivity index (χ0n) is 17.5. The molecule has 0 spiro atoms. The fraction of sp³-hybridized carbons (Fsp3) is 0.360. The van der Waals surface area contributed by atoms with Crippen molar-refractivity contribution in [1.29, 1.82) is 0 Å². The molecular weight excluding hydrogens is 360 g/mol. The van der Waals surface area contributed by atoms with Gasteiger partial charge in [0, 0.05) is 18.8 Å². The van der Waals surface area contributed by atoms with Crippen LogP contribution in [-0.4, -0.2) is 29.8 Å². The molecule has 2 aromatic carbocycles. The summed E-state index contributed by atoms with van der Waals surface area (Å²) in [4.78, 5) is 30.4. The number of anilines is 1. The molecule has 4 heteroatoms. The number of imide groups is 1. The van der Waals surface area contributed by atoms with Crippen LogP contribution in [0.3, 0.4) is 0 Å². The number of rotatable bonds is 6. The van der Waals surface area contributed by atoms with Gasteiger partial charge in [0.25, 0.3) is 11.8 Å². The summed E-state index contributed by atoms with van der Waals surface area (Å²) in [6, 6.07) is 14.2. The molecular formula is C25H28N2O2. The number of carbonyl (C=O) groups excluding carboxylic acids is 2. The molecule has 0 saturated heterocycles. The standard InChI is InChI=1S/C25H28N2O2/c1-4-5-8-14-27-24(28)22(20-12-11-17(2)18(3)16-20)23(25(27)29)26-15-13-19-9-6-7-10-21(19)26/h6-7,9-12,16H,4-5,8,13-15H2,1-3H3. The fourth-order valence-corrected chi connectivity index (χ4v) is 4.26. The van der Waals surface area contributed by atoms with Crippen molar-refractivity contribution >= 4 is 23.1 Å². The highest BCUT2D eigenvalue weighted by Gasteiger charge is 2.42. The minimum absolute atomic E-state index is 0.156. The van der Waals surface area contributed by atoms with Crippen molar-refractivity contribution in [3.63, 3.8) is 0 Å². The number of aryl methyl sites for hydroxylation is 2. The second-order valence-corrected chi connectivity index (χ2v) is 8.02. The van der Waals surface area contributed by atoms with Gasteiger partial charge in [-0.25, -0.2) is 0 Å². The Bertz CT molecular complexity index is 1010. The Kier molecular flexibility index (Phi) is 5.27. The summed E-state index contributed by atoms with van der Waals surface area (Å²) in [6.07, 6.45) is 3.80. The maximum absolute atomic E-state index is 13.4. The number of nitrogens with zero attached hydrogens (tertiary/aromatic N) is 2. The number of hydrogen-bond donors (Lipinski definition) is 0. The molecule has 0 saturated carbocycles. The molecule has 0 unspecified atom stereocenters. The van der Waals surface area contributed by atoms with Gasteiger partial charge in [-0.3, -0.25) is 14.5 Å². The van der Waals surface area contributed by atoms with Crippen LogP contribution in [0.2, 0.25) is 0 Å². The average Bonchev–Trinajstić information content (AvgIpc) is 3.24. The van der Waals surface area contributed by atoms with Gasteiger partial charge < -0.3 is 4.90 Å². The number of carbonyl (C=O) groups is 2. The van der Waals surface area contributed by atoms with Crippen LogP contribution in [0, 0.1) is 13.8 Å². The third-order valence-corrected chi connectivity index (χ3v) is 6.08. The molecule has 4 rings (SSSR count). The highest BCUT2D eigenvalue weighted by atomic mass is 16.2. The van der Waals surface area contributed by atoms with Crippen LogP contribution in [0.4, 0.5) is 5.69 Å². The van der Waals surface area contributed by atoms with E-state index >= 15 is 0 Å². The summed E-state index contributed by atoms with van der Waals surface area (Å²) in [5.74, 6) is -0.315. The number of unbranched alkanes of at least 4 members (excludes halogenated alkanes) is 2. The molecule has 4 nitrogen and oxygen atoms in total. The third kappa shape index (κ3) is 3.37. The number of amides is 2. The number of hydrogen-bond acceptors (Lipinski definition) is 3. The Labute approximate surface area is 172 Å². The highest BCUT2D eigenvalue weighted by Crippen LogP contribution is 2.38. The molecule has 2 amide bonds. The first kappa shape index (κ1) is 19.4. The van der Waals surface area contributed by atoms with Crippen LogP contribution in [0.5, 0.6) is 0 Å². The van der Waals surface area contributed by atoms with Gasteiger partial charge in [-0.15, -0.1) is 0 Å². The predicted octanol–water partition coefficient (Wildman–Crippen LogP) is 4.64. The molecule has 2 aliphatic heterocycles. The zero-order valence-corrected chi connectivity index (χ0v) is 17.5. The summed E-state index contributed by atoms with van der Waals surface area (Å²) < 4.78 is 0. The van der Waals surface area contributed by atoms with Crippen LogP contribution in [-0.2, 0) is 16.0 Å². The third-order valence-electron chi connectivity index (χ3n) is 6.08. The Balaban J connectivity index is 1.81. The Hall–Kier alpha value is -2.88. The van der Waals surface area contributed by atoms with E-state index in [-0.39, 0.29) is 11.8 Å². The molecule has 0 fully saturated rings. The first-order chi connectivity index (χ1) is 14.0. The van der Waals surface area contributed by atoms with Crippen molar-refractivity contribution < 1.29 is 9.59 Å². The van der Waals surface area contributed by atoms with Gasteiger partial charge in [0.1, 0.15) is 5.70 Å². The van der Waals surface area contributed by atoms with Crippen molar-refractivity contribution in [1.82, 2.24) is 4.90 Å². The summed E-state index contributed by atoms with van der Waals surface area (Å²) in [5.41, 5.74) is 6.50. The second-order valence-electron chi connectivity index (χ2n) is 8.02. The Morgan fingerprint density at radius 1 is 0.931 bits per heavy atom. The van der Waals surface area contributed by atoms with Crippen LogP contribution >= 0.6 is 0 Å². The summed E-state index contributed by atoms with van der Waals surface area (Å²) in [7, 11) is 0. The lowest BCUT2D eigenvalue weighted by Crippen LogP contribution is -2.35. The zero-order chi connectivity index (χ0) is 20.5. The molecule has 2 heterocycles. The molecule has 0 aliphatic carbocycles. The normalized spacial score (nSPS) is 16.2. The first-order valence-electron chi connectivity index (χ1n) is 10.6. The summed E-state index contributed by atoms with van der Waals surface area (Å²) in [6.45, 7) is 7.44. The number of para-hydroxylation sites is 1. The Morgan fingerprint density at radius 2 is 1.72 bits per heavy atom. The monoisotopic (exact) mass is 388 g/mol. The predicted molar refractivity (Wildman–Crippen MR) is 117 cm³/mol.